The molecule has 0 radical (unpaired) electrons. The van der Waals surface area contributed by atoms with Crippen molar-refractivity contribution >= 4 is 23.4 Å². The average Bonchev–Trinajstić information content (AvgIpc) is 2.90. The van der Waals surface area contributed by atoms with Gasteiger partial charge in [0.2, 0.25) is 5.91 Å². The Bertz CT molecular complexity index is 461. The molecule has 1 aliphatic heterocycles. The Morgan fingerprint density at radius 2 is 2.29 bits per heavy atom. The third kappa shape index (κ3) is 2.45. The molecule has 1 aliphatic rings. The molecule has 1 aromatic carbocycles. The zero-order chi connectivity index (χ0) is 12.3. The van der Waals surface area contributed by atoms with Gasteiger partial charge >= 0.3 is 0 Å². The van der Waals surface area contributed by atoms with E-state index in [1.807, 2.05) is 18.2 Å². The van der Waals surface area contributed by atoms with Gasteiger partial charge in [-0.3, -0.25) is 4.79 Å². The topological polar surface area (TPSA) is 44.1 Å². The third-order valence-corrected chi connectivity index (χ3v) is 4.29. The molecule has 1 saturated heterocycles. The predicted molar refractivity (Wildman–Crippen MR) is 70.0 cm³/mol. The van der Waals surface area contributed by atoms with Gasteiger partial charge in [-0.05, 0) is 30.7 Å². The molecule has 0 N–H and O–H groups in total. The summed E-state index contributed by atoms with van der Waals surface area (Å²) in [4.78, 5) is 13.8. The van der Waals surface area contributed by atoms with Crippen LogP contribution in [0.2, 0.25) is 0 Å². The first kappa shape index (κ1) is 12.0. The van der Waals surface area contributed by atoms with Crippen LogP contribution < -0.4 is 4.90 Å². The van der Waals surface area contributed by atoms with Crippen molar-refractivity contribution in [3.8, 4) is 6.07 Å². The Kier molecular flexibility index (Phi) is 3.70. The molecule has 1 fully saturated rings. The van der Waals surface area contributed by atoms with Gasteiger partial charge in [0.1, 0.15) is 6.07 Å². The van der Waals surface area contributed by atoms with E-state index in [1.165, 1.54) is 0 Å². The van der Waals surface area contributed by atoms with Gasteiger partial charge < -0.3 is 4.90 Å². The fraction of sp³-hybridized carbons (Fsp3) is 0.385. The van der Waals surface area contributed by atoms with Crippen LogP contribution in [0.15, 0.2) is 24.3 Å². The van der Waals surface area contributed by atoms with E-state index in [0.717, 1.165) is 18.6 Å². The van der Waals surface area contributed by atoms with Gasteiger partial charge in [-0.1, -0.05) is 12.1 Å². The molecule has 1 heterocycles. The summed E-state index contributed by atoms with van der Waals surface area (Å²) in [5.74, 6) is 1.17. The zero-order valence-electron chi connectivity index (χ0n) is 9.72. The first-order valence-electron chi connectivity index (χ1n) is 5.62. The summed E-state index contributed by atoms with van der Waals surface area (Å²) in [6.07, 6.45) is 2.05. The second-order valence-electron chi connectivity index (χ2n) is 4.03. The summed E-state index contributed by atoms with van der Waals surface area (Å²) in [5, 5.41) is 9.08. The number of carbonyl (C=O) groups excluding carboxylic acids is 1. The first-order chi connectivity index (χ1) is 8.24. The number of thioether (sulfide) groups is 1. The van der Waals surface area contributed by atoms with Crippen molar-refractivity contribution in [2.75, 3.05) is 17.7 Å². The highest BCUT2D eigenvalue weighted by atomic mass is 32.2. The average molecular weight is 246 g/mol. The Labute approximate surface area is 105 Å². The molecule has 1 amide bonds. The van der Waals surface area contributed by atoms with Gasteiger partial charge in [0.25, 0.3) is 0 Å². The summed E-state index contributed by atoms with van der Waals surface area (Å²) >= 11 is 1.71. The number of carbonyl (C=O) groups is 1. The molecule has 0 aromatic heterocycles. The number of amides is 1. The highest BCUT2D eigenvalue weighted by Gasteiger charge is 2.27. The Morgan fingerprint density at radius 1 is 1.53 bits per heavy atom. The van der Waals surface area contributed by atoms with E-state index in [2.05, 4.69) is 6.07 Å². The van der Waals surface area contributed by atoms with E-state index in [9.17, 15) is 4.79 Å². The van der Waals surface area contributed by atoms with E-state index >= 15 is 0 Å². The molecule has 2 rings (SSSR count). The molecule has 0 bridgehead atoms. The fourth-order valence-electron chi connectivity index (χ4n) is 1.97. The molecule has 0 saturated carbocycles. The summed E-state index contributed by atoms with van der Waals surface area (Å²) in [5.41, 5.74) is 1.25. The standard InChI is InChI=1S/C13H14N2OS/c1-15(13(16)12-7-4-8-17-12)11-6-3-2-5-10(11)9-14/h2-3,5-6,12H,4,7-8H2,1H3. The Balaban J connectivity index is 2.21. The van der Waals surface area contributed by atoms with Crippen LogP contribution in [-0.2, 0) is 4.79 Å². The zero-order valence-corrected chi connectivity index (χ0v) is 10.5. The Hall–Kier alpha value is -1.47. The maximum atomic E-state index is 12.2. The lowest BCUT2D eigenvalue weighted by atomic mass is 10.1. The molecule has 1 unspecified atom stereocenters. The second-order valence-corrected chi connectivity index (χ2v) is 5.34. The minimum absolute atomic E-state index is 0.0618. The van der Waals surface area contributed by atoms with Gasteiger partial charge in [0, 0.05) is 7.05 Å². The summed E-state index contributed by atoms with van der Waals surface area (Å²) < 4.78 is 0. The van der Waals surface area contributed by atoms with Crippen LogP contribution in [0.4, 0.5) is 5.69 Å². The van der Waals surface area contributed by atoms with Crippen LogP contribution in [0, 0.1) is 11.3 Å². The van der Waals surface area contributed by atoms with E-state index in [1.54, 1.807) is 29.8 Å². The van der Waals surface area contributed by atoms with E-state index in [0.29, 0.717) is 11.3 Å². The molecule has 1 aromatic rings. The second kappa shape index (κ2) is 5.24. The number of rotatable bonds is 2. The van der Waals surface area contributed by atoms with Gasteiger partial charge in [-0.2, -0.15) is 5.26 Å². The molecular weight excluding hydrogens is 232 g/mol. The van der Waals surface area contributed by atoms with E-state index in [-0.39, 0.29) is 11.2 Å². The molecule has 4 heteroatoms. The maximum Gasteiger partial charge on any atom is 0.239 e. The van der Waals surface area contributed by atoms with E-state index in [4.69, 9.17) is 5.26 Å². The van der Waals surface area contributed by atoms with Crippen LogP contribution in [0.5, 0.6) is 0 Å². The minimum atomic E-state index is 0.0618. The van der Waals surface area contributed by atoms with Crippen molar-refractivity contribution in [2.45, 2.75) is 18.1 Å². The number of nitriles is 1. The van der Waals surface area contributed by atoms with Crippen LogP contribution in [-0.4, -0.2) is 24.0 Å². The molecule has 3 nitrogen and oxygen atoms in total. The summed E-state index contributed by atoms with van der Waals surface area (Å²) in [6.45, 7) is 0. The van der Waals surface area contributed by atoms with Crippen LogP contribution in [0.25, 0.3) is 0 Å². The number of para-hydroxylation sites is 1. The van der Waals surface area contributed by atoms with Gasteiger partial charge in [-0.25, -0.2) is 0 Å². The molecule has 88 valence electrons. The van der Waals surface area contributed by atoms with Crippen LogP contribution in [0.3, 0.4) is 0 Å². The van der Waals surface area contributed by atoms with Crippen molar-refractivity contribution < 1.29 is 4.79 Å². The van der Waals surface area contributed by atoms with Crippen molar-refractivity contribution in [3.05, 3.63) is 29.8 Å². The lowest BCUT2D eigenvalue weighted by Gasteiger charge is -2.21. The number of hydrogen-bond acceptors (Lipinski definition) is 3. The SMILES string of the molecule is CN(C(=O)C1CCCS1)c1ccccc1C#N. The quantitative estimate of drug-likeness (QED) is 0.805. The number of benzene rings is 1. The van der Waals surface area contributed by atoms with Crippen molar-refractivity contribution in [1.82, 2.24) is 0 Å². The van der Waals surface area contributed by atoms with Gasteiger partial charge in [-0.15, -0.1) is 11.8 Å². The fourth-order valence-corrected chi connectivity index (χ4v) is 3.22. The van der Waals surface area contributed by atoms with Crippen LogP contribution in [0.1, 0.15) is 18.4 Å². The molecule has 1 atom stereocenters. The molecular formula is C13H14N2OS. The smallest absolute Gasteiger partial charge is 0.239 e. The lowest BCUT2D eigenvalue weighted by molar-refractivity contribution is -0.117. The summed E-state index contributed by atoms with van der Waals surface area (Å²) in [7, 11) is 1.75. The highest BCUT2D eigenvalue weighted by molar-refractivity contribution is 8.00. The molecule has 17 heavy (non-hydrogen) atoms. The number of nitrogens with zero attached hydrogens (tertiary/aromatic N) is 2. The lowest BCUT2D eigenvalue weighted by Crippen LogP contribution is -2.34. The van der Waals surface area contributed by atoms with Crippen molar-refractivity contribution in [2.24, 2.45) is 0 Å². The maximum absolute atomic E-state index is 12.2. The highest BCUT2D eigenvalue weighted by Crippen LogP contribution is 2.29. The Morgan fingerprint density at radius 3 is 2.94 bits per heavy atom. The van der Waals surface area contributed by atoms with Crippen molar-refractivity contribution in [3.63, 3.8) is 0 Å². The van der Waals surface area contributed by atoms with E-state index < -0.39 is 0 Å². The predicted octanol–water partition coefficient (Wildman–Crippen LogP) is 2.42. The summed E-state index contributed by atoms with van der Waals surface area (Å²) in [6, 6.07) is 9.33. The monoisotopic (exact) mass is 246 g/mol. The third-order valence-electron chi connectivity index (χ3n) is 2.92. The number of hydrogen-bond donors (Lipinski definition) is 0. The molecule has 0 aliphatic carbocycles. The van der Waals surface area contributed by atoms with Crippen molar-refractivity contribution in [1.29, 1.82) is 5.26 Å². The number of anilines is 1. The van der Waals surface area contributed by atoms with Crippen LogP contribution >= 0.6 is 11.8 Å². The van der Waals surface area contributed by atoms with Gasteiger partial charge in [0.15, 0.2) is 0 Å². The van der Waals surface area contributed by atoms with Gasteiger partial charge in [0.05, 0.1) is 16.5 Å². The normalized spacial score (nSPS) is 18.7. The largest absolute Gasteiger partial charge is 0.313 e. The minimum Gasteiger partial charge on any atom is -0.313 e. The first-order valence-corrected chi connectivity index (χ1v) is 6.67. The molecule has 0 spiro atoms.